The van der Waals surface area contributed by atoms with Crippen molar-refractivity contribution in [2.24, 2.45) is 0 Å². The maximum absolute atomic E-state index is 11.9. The van der Waals surface area contributed by atoms with Crippen LogP contribution in [0, 0.1) is 0 Å². The van der Waals surface area contributed by atoms with Crippen LogP contribution in [0.15, 0.2) is 18.2 Å². The summed E-state index contributed by atoms with van der Waals surface area (Å²) in [5.74, 6) is -2.63. The van der Waals surface area contributed by atoms with Gasteiger partial charge in [-0.1, -0.05) is 0 Å². The van der Waals surface area contributed by atoms with Gasteiger partial charge in [0.2, 0.25) is 0 Å². The molecule has 26 heavy (non-hydrogen) atoms. The highest BCUT2D eigenvalue weighted by Gasteiger charge is 2.17. The minimum absolute atomic E-state index is 0.101. The van der Waals surface area contributed by atoms with E-state index < -0.39 is 17.8 Å². The van der Waals surface area contributed by atoms with Crippen LogP contribution in [0.25, 0.3) is 0 Å². The number of rotatable bonds is 6. The third-order valence-corrected chi connectivity index (χ3v) is 3.91. The summed E-state index contributed by atoms with van der Waals surface area (Å²) in [6.07, 6.45) is 0.727. The molecular formula is C17H23N3O6. The van der Waals surface area contributed by atoms with Crippen LogP contribution in [-0.4, -0.2) is 74.3 Å². The second-order valence-electron chi connectivity index (χ2n) is 5.74. The van der Waals surface area contributed by atoms with E-state index in [0.717, 1.165) is 39.3 Å². The minimum atomic E-state index is -0.849. The number of hydrogen-bond acceptors (Lipinski definition) is 7. The number of phenolic OH excluding ortho intramolecular Hbond substituents is 1. The van der Waals surface area contributed by atoms with Crippen LogP contribution < -0.4 is 10.6 Å². The van der Waals surface area contributed by atoms with E-state index in [4.69, 9.17) is 4.74 Å². The number of anilines is 1. The van der Waals surface area contributed by atoms with Gasteiger partial charge in [-0.2, -0.15) is 0 Å². The molecule has 1 aromatic rings. The van der Waals surface area contributed by atoms with Crippen molar-refractivity contribution in [1.82, 2.24) is 10.2 Å². The average Bonchev–Trinajstić information content (AvgIpc) is 2.66. The fourth-order valence-corrected chi connectivity index (χ4v) is 2.48. The molecule has 0 saturated carbocycles. The standard InChI is InChI=1S/C17H23N3O6/c1-25-17(24)13-11-12(3-4-14(13)21)19-16(23)15(22)18-5-2-6-20-7-9-26-10-8-20/h3-4,11,21H,2,5-10H2,1H3,(H,18,22)(H,19,23). The zero-order chi connectivity index (χ0) is 18.9. The van der Waals surface area contributed by atoms with Gasteiger partial charge in [-0.15, -0.1) is 0 Å². The molecule has 0 aliphatic carbocycles. The summed E-state index contributed by atoms with van der Waals surface area (Å²) in [6, 6.07) is 3.86. The van der Waals surface area contributed by atoms with Gasteiger partial charge in [0.05, 0.1) is 20.3 Å². The Morgan fingerprint density at radius 3 is 2.65 bits per heavy atom. The number of amides is 2. The van der Waals surface area contributed by atoms with Crippen LogP contribution in [0.5, 0.6) is 5.75 Å². The van der Waals surface area contributed by atoms with Crippen molar-refractivity contribution >= 4 is 23.5 Å². The molecular weight excluding hydrogens is 342 g/mol. The summed E-state index contributed by atoms with van der Waals surface area (Å²) in [6.45, 7) is 4.39. The van der Waals surface area contributed by atoms with E-state index >= 15 is 0 Å². The monoisotopic (exact) mass is 365 g/mol. The fraction of sp³-hybridized carbons (Fsp3) is 0.471. The number of carbonyl (C=O) groups excluding carboxylic acids is 3. The van der Waals surface area contributed by atoms with Crippen LogP contribution in [0.4, 0.5) is 5.69 Å². The Morgan fingerprint density at radius 1 is 1.23 bits per heavy atom. The van der Waals surface area contributed by atoms with Crippen LogP contribution in [0.3, 0.4) is 0 Å². The lowest BCUT2D eigenvalue weighted by Crippen LogP contribution is -2.39. The van der Waals surface area contributed by atoms with Crippen LogP contribution in [-0.2, 0) is 19.1 Å². The highest BCUT2D eigenvalue weighted by atomic mass is 16.5. The molecule has 9 heteroatoms. The van der Waals surface area contributed by atoms with Gasteiger partial charge in [0, 0.05) is 25.3 Å². The van der Waals surface area contributed by atoms with Crippen molar-refractivity contribution in [3.05, 3.63) is 23.8 Å². The molecule has 3 N–H and O–H groups in total. The van der Waals surface area contributed by atoms with Crippen molar-refractivity contribution in [3.63, 3.8) is 0 Å². The summed E-state index contributed by atoms with van der Waals surface area (Å²) in [7, 11) is 1.18. The molecule has 2 amide bonds. The molecule has 2 rings (SSSR count). The van der Waals surface area contributed by atoms with Crippen LogP contribution >= 0.6 is 0 Å². The molecule has 1 saturated heterocycles. The third-order valence-electron chi connectivity index (χ3n) is 3.91. The zero-order valence-electron chi connectivity index (χ0n) is 14.6. The number of hydrogen-bond donors (Lipinski definition) is 3. The van der Waals surface area contributed by atoms with Crippen molar-refractivity contribution in [2.75, 3.05) is 51.8 Å². The van der Waals surface area contributed by atoms with Gasteiger partial charge < -0.3 is 25.2 Å². The number of esters is 1. The molecule has 1 aromatic carbocycles. The van der Waals surface area contributed by atoms with Crippen LogP contribution in [0.2, 0.25) is 0 Å². The molecule has 9 nitrogen and oxygen atoms in total. The number of aromatic hydroxyl groups is 1. The highest BCUT2D eigenvalue weighted by Crippen LogP contribution is 2.22. The van der Waals surface area contributed by atoms with Gasteiger partial charge in [-0.3, -0.25) is 14.5 Å². The number of carbonyl (C=O) groups is 3. The van der Waals surface area contributed by atoms with E-state index in [0.29, 0.717) is 6.54 Å². The molecule has 0 unspecified atom stereocenters. The summed E-state index contributed by atoms with van der Waals surface area (Å²) < 4.78 is 9.80. The van der Waals surface area contributed by atoms with Crippen molar-refractivity contribution < 1.29 is 29.0 Å². The van der Waals surface area contributed by atoms with Gasteiger partial charge in [-0.05, 0) is 31.2 Å². The number of benzene rings is 1. The number of morpholine rings is 1. The van der Waals surface area contributed by atoms with Gasteiger partial charge in [-0.25, -0.2) is 4.79 Å². The maximum Gasteiger partial charge on any atom is 0.341 e. The average molecular weight is 365 g/mol. The Morgan fingerprint density at radius 2 is 1.96 bits per heavy atom. The topological polar surface area (TPSA) is 117 Å². The molecule has 1 aliphatic rings. The van der Waals surface area contributed by atoms with E-state index in [9.17, 15) is 19.5 Å². The Bertz CT molecular complexity index is 658. The number of nitrogens with zero attached hydrogens (tertiary/aromatic N) is 1. The summed E-state index contributed by atoms with van der Waals surface area (Å²) in [5.41, 5.74) is 0.105. The second-order valence-corrected chi connectivity index (χ2v) is 5.74. The number of nitrogens with one attached hydrogen (secondary N) is 2. The predicted molar refractivity (Wildman–Crippen MR) is 93.0 cm³/mol. The van der Waals surface area contributed by atoms with Crippen molar-refractivity contribution in [2.45, 2.75) is 6.42 Å². The smallest absolute Gasteiger partial charge is 0.341 e. The largest absolute Gasteiger partial charge is 0.507 e. The minimum Gasteiger partial charge on any atom is -0.507 e. The summed E-state index contributed by atoms with van der Waals surface area (Å²) >= 11 is 0. The number of methoxy groups -OCH3 is 1. The van der Waals surface area contributed by atoms with Gasteiger partial charge >= 0.3 is 17.8 Å². The van der Waals surface area contributed by atoms with Crippen LogP contribution in [0.1, 0.15) is 16.8 Å². The maximum atomic E-state index is 11.9. The van der Waals surface area contributed by atoms with Gasteiger partial charge in [0.1, 0.15) is 11.3 Å². The quantitative estimate of drug-likeness (QED) is 0.280. The molecule has 0 spiro atoms. The molecule has 0 aromatic heterocycles. The molecule has 142 valence electrons. The number of phenols is 1. The predicted octanol–water partition coefficient (Wildman–Crippen LogP) is -0.0442. The van der Waals surface area contributed by atoms with E-state index in [-0.39, 0.29) is 17.0 Å². The lowest BCUT2D eigenvalue weighted by Gasteiger charge is -2.26. The molecule has 1 heterocycles. The van der Waals surface area contributed by atoms with Gasteiger partial charge in [0.25, 0.3) is 0 Å². The first-order valence-corrected chi connectivity index (χ1v) is 8.32. The Labute approximate surface area is 151 Å². The van der Waals surface area contributed by atoms with Crippen molar-refractivity contribution in [1.29, 1.82) is 0 Å². The molecule has 1 fully saturated rings. The van der Waals surface area contributed by atoms with Crippen molar-refractivity contribution in [3.8, 4) is 5.75 Å². The number of ether oxygens (including phenoxy) is 2. The zero-order valence-corrected chi connectivity index (χ0v) is 14.6. The highest BCUT2D eigenvalue weighted by molar-refractivity contribution is 6.39. The lowest BCUT2D eigenvalue weighted by molar-refractivity contribution is -0.136. The Hall–Kier alpha value is -2.65. The first-order chi connectivity index (χ1) is 12.5. The molecule has 1 aliphatic heterocycles. The van der Waals surface area contributed by atoms with E-state index in [1.54, 1.807) is 0 Å². The van der Waals surface area contributed by atoms with Gasteiger partial charge in [0.15, 0.2) is 0 Å². The lowest BCUT2D eigenvalue weighted by atomic mass is 10.1. The third kappa shape index (κ3) is 5.71. The fourth-order valence-electron chi connectivity index (χ4n) is 2.48. The first-order valence-electron chi connectivity index (χ1n) is 8.32. The molecule has 0 radical (unpaired) electrons. The Balaban J connectivity index is 1.77. The molecule has 0 atom stereocenters. The van der Waals surface area contributed by atoms with E-state index in [1.165, 1.54) is 25.3 Å². The first kappa shape index (κ1) is 19.7. The summed E-state index contributed by atoms with van der Waals surface area (Å²) in [5, 5.41) is 14.6. The summed E-state index contributed by atoms with van der Waals surface area (Å²) in [4.78, 5) is 37.5. The SMILES string of the molecule is COC(=O)c1cc(NC(=O)C(=O)NCCCN2CCOCC2)ccc1O. The van der Waals surface area contributed by atoms with E-state index in [1.807, 2.05) is 0 Å². The Kier molecular flexibility index (Phi) is 7.37. The normalized spacial score (nSPS) is 14.5. The second kappa shape index (κ2) is 9.73. The molecule has 0 bridgehead atoms. The van der Waals surface area contributed by atoms with E-state index in [2.05, 4.69) is 20.3 Å².